The van der Waals surface area contributed by atoms with Crippen LogP contribution in [0.25, 0.3) is 0 Å². The quantitative estimate of drug-likeness (QED) is 0.740. The molecule has 0 bridgehead atoms. The van der Waals surface area contributed by atoms with Gasteiger partial charge >= 0.3 is 0 Å². The number of carbonyl (C=O) groups excluding carboxylic acids is 2. The Morgan fingerprint density at radius 2 is 2.00 bits per heavy atom. The molecule has 1 fully saturated rings. The molecule has 0 saturated heterocycles. The summed E-state index contributed by atoms with van der Waals surface area (Å²) in [5, 5.41) is 16.3. The van der Waals surface area contributed by atoms with Crippen LogP contribution >= 0.6 is 0 Å². The molecule has 134 valence electrons. The minimum absolute atomic E-state index is 0.0639. The Balaban J connectivity index is 2.03. The van der Waals surface area contributed by atoms with Crippen molar-refractivity contribution >= 4 is 11.8 Å². The summed E-state index contributed by atoms with van der Waals surface area (Å²) in [5.74, 6) is 1.07. The zero-order valence-electron chi connectivity index (χ0n) is 14.9. The maximum Gasteiger partial charge on any atom is 0.242 e. The number of amides is 2. The maximum atomic E-state index is 12.6. The van der Waals surface area contributed by atoms with Gasteiger partial charge in [-0.25, -0.2) is 0 Å². The monoisotopic (exact) mass is 336 g/mol. The van der Waals surface area contributed by atoms with E-state index in [4.69, 9.17) is 4.42 Å². The number of hydrogen-bond donors (Lipinski definition) is 3. The summed E-state index contributed by atoms with van der Waals surface area (Å²) in [5.41, 5.74) is -0.564. The van der Waals surface area contributed by atoms with E-state index < -0.39 is 11.6 Å². The van der Waals surface area contributed by atoms with Gasteiger partial charge < -0.3 is 20.2 Å². The van der Waals surface area contributed by atoms with Crippen LogP contribution < -0.4 is 10.6 Å². The van der Waals surface area contributed by atoms with E-state index in [1.807, 2.05) is 6.92 Å². The van der Waals surface area contributed by atoms with E-state index in [0.717, 1.165) is 31.4 Å². The molecule has 0 aromatic carbocycles. The van der Waals surface area contributed by atoms with Crippen LogP contribution in [0, 0.1) is 19.8 Å². The van der Waals surface area contributed by atoms with Crippen LogP contribution in [0.4, 0.5) is 0 Å². The summed E-state index contributed by atoms with van der Waals surface area (Å²) < 4.78 is 5.46. The van der Waals surface area contributed by atoms with Crippen LogP contribution in [0.3, 0.4) is 0 Å². The first-order valence-electron chi connectivity index (χ1n) is 8.55. The first-order valence-corrected chi connectivity index (χ1v) is 8.55. The Morgan fingerprint density at radius 3 is 2.50 bits per heavy atom. The van der Waals surface area contributed by atoms with Crippen molar-refractivity contribution in [2.45, 2.75) is 65.0 Å². The van der Waals surface area contributed by atoms with E-state index in [-0.39, 0.29) is 24.3 Å². The molecular formula is C18H28N2O4. The van der Waals surface area contributed by atoms with Crippen molar-refractivity contribution in [1.82, 2.24) is 10.6 Å². The molecule has 1 heterocycles. The van der Waals surface area contributed by atoms with Crippen molar-refractivity contribution in [2.75, 3.05) is 6.54 Å². The molecule has 6 heteroatoms. The molecule has 3 N–H and O–H groups in total. The minimum atomic E-state index is -1.23. The predicted molar refractivity (Wildman–Crippen MR) is 90.3 cm³/mol. The lowest BCUT2D eigenvalue weighted by Gasteiger charge is -2.27. The zero-order chi connectivity index (χ0) is 17.9. The number of hydrogen-bond acceptors (Lipinski definition) is 4. The molecule has 1 aliphatic carbocycles. The number of aliphatic hydroxyl groups is 1. The number of furan rings is 1. The van der Waals surface area contributed by atoms with Crippen LogP contribution in [-0.4, -0.2) is 29.5 Å². The van der Waals surface area contributed by atoms with E-state index >= 15 is 0 Å². The van der Waals surface area contributed by atoms with Crippen LogP contribution in [-0.2, 0) is 15.2 Å². The van der Waals surface area contributed by atoms with E-state index in [2.05, 4.69) is 10.6 Å². The third kappa shape index (κ3) is 4.38. The van der Waals surface area contributed by atoms with Gasteiger partial charge in [0.1, 0.15) is 23.2 Å². The molecule has 0 spiro atoms. The molecule has 6 nitrogen and oxygen atoms in total. The van der Waals surface area contributed by atoms with Crippen LogP contribution in [0.15, 0.2) is 10.5 Å². The van der Waals surface area contributed by atoms with Gasteiger partial charge in [-0.3, -0.25) is 9.59 Å². The molecular weight excluding hydrogens is 308 g/mol. The molecule has 0 unspecified atom stereocenters. The number of carbonyl (C=O) groups is 2. The fraction of sp³-hybridized carbons (Fsp3) is 0.667. The standard InChI is InChI=1S/C18H28N2O4/c1-11-9-15(12(2)24-11)18(4,23)10-19-17(22)16(20-13(3)21)14-7-5-6-8-14/h9,14,16,23H,5-8,10H2,1-4H3,(H,19,22)(H,20,21)/t16-,18+/m0/s1. The highest BCUT2D eigenvalue weighted by molar-refractivity contribution is 5.87. The third-order valence-corrected chi connectivity index (χ3v) is 4.74. The van der Waals surface area contributed by atoms with Crippen molar-refractivity contribution < 1.29 is 19.1 Å². The van der Waals surface area contributed by atoms with Gasteiger partial charge in [0.2, 0.25) is 11.8 Å². The van der Waals surface area contributed by atoms with Gasteiger partial charge in [0.15, 0.2) is 0 Å². The van der Waals surface area contributed by atoms with E-state index in [9.17, 15) is 14.7 Å². The molecule has 2 atom stereocenters. The van der Waals surface area contributed by atoms with E-state index in [1.165, 1.54) is 6.92 Å². The Bertz CT molecular complexity index is 600. The lowest BCUT2D eigenvalue weighted by Crippen LogP contribution is -2.52. The first-order chi connectivity index (χ1) is 11.2. The summed E-state index contributed by atoms with van der Waals surface area (Å²) >= 11 is 0. The van der Waals surface area contributed by atoms with Gasteiger partial charge in [-0.2, -0.15) is 0 Å². The molecule has 1 aromatic heterocycles. The molecule has 0 radical (unpaired) electrons. The lowest BCUT2D eigenvalue weighted by atomic mass is 9.94. The van der Waals surface area contributed by atoms with Crippen LogP contribution in [0.1, 0.15) is 56.6 Å². The molecule has 1 aliphatic rings. The van der Waals surface area contributed by atoms with Crippen molar-refractivity contribution in [1.29, 1.82) is 0 Å². The fourth-order valence-corrected chi connectivity index (χ4v) is 3.54. The van der Waals surface area contributed by atoms with Crippen molar-refractivity contribution in [2.24, 2.45) is 5.92 Å². The van der Waals surface area contributed by atoms with E-state index in [0.29, 0.717) is 11.3 Å². The van der Waals surface area contributed by atoms with E-state index in [1.54, 1.807) is 19.9 Å². The van der Waals surface area contributed by atoms with Gasteiger partial charge in [-0.05, 0) is 45.6 Å². The van der Waals surface area contributed by atoms with Crippen molar-refractivity contribution in [3.8, 4) is 0 Å². The average Bonchev–Trinajstić information content (AvgIpc) is 3.12. The number of aryl methyl sites for hydroxylation is 2. The molecule has 2 amide bonds. The summed E-state index contributed by atoms with van der Waals surface area (Å²) in [6.07, 6.45) is 4.04. The SMILES string of the molecule is CC(=O)N[C@H](C(=O)NC[C@@](C)(O)c1cc(C)oc1C)C1CCCC1. The summed E-state index contributed by atoms with van der Waals surface area (Å²) in [6, 6.07) is 1.25. The molecule has 0 aliphatic heterocycles. The molecule has 2 rings (SSSR count). The Morgan fingerprint density at radius 1 is 1.38 bits per heavy atom. The van der Waals surface area contributed by atoms with Gasteiger partial charge in [0.25, 0.3) is 0 Å². The molecule has 24 heavy (non-hydrogen) atoms. The second-order valence-electron chi connectivity index (χ2n) is 7.04. The average molecular weight is 336 g/mol. The summed E-state index contributed by atoms with van der Waals surface area (Å²) in [6.45, 7) is 6.74. The van der Waals surface area contributed by atoms with Gasteiger partial charge in [0.05, 0.1) is 6.54 Å². The second kappa shape index (κ2) is 7.38. The normalized spacial score (nSPS) is 18.9. The highest BCUT2D eigenvalue weighted by atomic mass is 16.3. The smallest absolute Gasteiger partial charge is 0.242 e. The fourth-order valence-electron chi connectivity index (χ4n) is 3.54. The Labute approximate surface area is 143 Å². The van der Waals surface area contributed by atoms with Gasteiger partial charge in [-0.15, -0.1) is 0 Å². The first kappa shape index (κ1) is 18.5. The predicted octanol–water partition coefficient (Wildman–Crippen LogP) is 1.92. The summed E-state index contributed by atoms with van der Waals surface area (Å²) in [4.78, 5) is 24.0. The molecule has 1 aromatic rings. The highest BCUT2D eigenvalue weighted by Gasteiger charge is 2.33. The minimum Gasteiger partial charge on any atom is -0.466 e. The zero-order valence-corrected chi connectivity index (χ0v) is 14.9. The summed E-state index contributed by atoms with van der Waals surface area (Å²) in [7, 11) is 0. The van der Waals surface area contributed by atoms with Crippen molar-refractivity contribution in [3.05, 3.63) is 23.2 Å². The van der Waals surface area contributed by atoms with Crippen LogP contribution in [0.5, 0.6) is 0 Å². The van der Waals surface area contributed by atoms with Crippen molar-refractivity contribution in [3.63, 3.8) is 0 Å². The Kier molecular flexibility index (Phi) is 5.70. The number of rotatable bonds is 6. The van der Waals surface area contributed by atoms with Crippen LogP contribution in [0.2, 0.25) is 0 Å². The third-order valence-electron chi connectivity index (χ3n) is 4.74. The lowest BCUT2D eigenvalue weighted by molar-refractivity contribution is -0.130. The van der Waals surface area contributed by atoms with Gasteiger partial charge in [-0.1, -0.05) is 12.8 Å². The number of nitrogens with one attached hydrogen (secondary N) is 2. The van der Waals surface area contributed by atoms with Gasteiger partial charge in [0, 0.05) is 12.5 Å². The molecule has 1 saturated carbocycles. The second-order valence-corrected chi connectivity index (χ2v) is 7.04. The maximum absolute atomic E-state index is 12.6. The largest absolute Gasteiger partial charge is 0.466 e. The highest BCUT2D eigenvalue weighted by Crippen LogP contribution is 2.29. The topological polar surface area (TPSA) is 91.6 Å². The Hall–Kier alpha value is -1.82.